The summed E-state index contributed by atoms with van der Waals surface area (Å²) in [6, 6.07) is 2.26. The van der Waals surface area contributed by atoms with Crippen LogP contribution in [0.2, 0.25) is 0 Å². The molecule has 1 aliphatic rings. The largest absolute Gasteiger partial charge is 0.444 e. The molecule has 0 radical (unpaired) electrons. The molecule has 1 fully saturated rings. The van der Waals surface area contributed by atoms with E-state index in [0.717, 1.165) is 18.5 Å². The van der Waals surface area contributed by atoms with E-state index in [9.17, 15) is 4.79 Å². The number of nitrogens with one attached hydrogen (secondary N) is 1. The van der Waals surface area contributed by atoms with Crippen molar-refractivity contribution in [2.45, 2.75) is 45.1 Å². The van der Waals surface area contributed by atoms with Gasteiger partial charge in [0.1, 0.15) is 5.60 Å². The number of hydrogen-bond donors (Lipinski definition) is 1. The van der Waals surface area contributed by atoms with Gasteiger partial charge in [0.15, 0.2) is 15.6 Å². The number of nitrogens with zero attached hydrogens (tertiary/aromatic N) is 4. The first kappa shape index (κ1) is 15.6. The van der Waals surface area contributed by atoms with Crippen molar-refractivity contribution in [2.75, 3.05) is 5.32 Å². The minimum absolute atomic E-state index is 0.128. The second-order valence-electron chi connectivity index (χ2n) is 6.56. The Bertz CT molecular complexity index is 783. The van der Waals surface area contributed by atoms with Crippen LogP contribution in [0.3, 0.4) is 0 Å². The van der Waals surface area contributed by atoms with Gasteiger partial charge in [-0.15, -0.1) is 0 Å². The minimum atomic E-state index is -0.564. The quantitative estimate of drug-likeness (QED) is 0.904. The van der Waals surface area contributed by atoms with E-state index in [1.807, 2.05) is 0 Å². The molecule has 0 spiro atoms. The standard InChI is InChI=1S/C15H17N5O2S/c1-15(2,3)22-14(21)20-13-19-11-12(23-13)18-10(7-17-11)9-4-8(5-9)6-16/h7-9H,4-5H2,1-3H3,(H,17,19,20,21). The Morgan fingerprint density at radius 2 is 2.17 bits per heavy atom. The number of anilines is 1. The fourth-order valence-corrected chi connectivity index (χ4v) is 3.13. The molecule has 23 heavy (non-hydrogen) atoms. The lowest BCUT2D eigenvalue weighted by molar-refractivity contribution is 0.0636. The van der Waals surface area contributed by atoms with E-state index in [1.165, 1.54) is 11.3 Å². The number of nitriles is 1. The number of aromatic nitrogens is 3. The molecular formula is C15H17N5O2S. The van der Waals surface area contributed by atoms with Crippen LogP contribution in [0.1, 0.15) is 45.2 Å². The number of fused-ring (bicyclic) bond motifs is 1. The molecule has 8 heteroatoms. The number of carbonyl (C=O) groups is 1. The maximum Gasteiger partial charge on any atom is 0.413 e. The van der Waals surface area contributed by atoms with Crippen LogP contribution in [-0.2, 0) is 4.74 Å². The van der Waals surface area contributed by atoms with Gasteiger partial charge in [-0.05, 0) is 33.6 Å². The average Bonchev–Trinajstić information content (AvgIpc) is 2.76. The number of hydrogen-bond acceptors (Lipinski definition) is 7. The molecule has 3 rings (SSSR count). The lowest BCUT2D eigenvalue weighted by Gasteiger charge is -2.29. The maximum atomic E-state index is 11.8. The summed E-state index contributed by atoms with van der Waals surface area (Å²) in [5.74, 6) is 0.421. The van der Waals surface area contributed by atoms with Crippen LogP contribution in [0, 0.1) is 17.2 Å². The molecule has 2 heterocycles. The van der Waals surface area contributed by atoms with Gasteiger partial charge in [0.25, 0.3) is 0 Å². The van der Waals surface area contributed by atoms with Gasteiger partial charge in [-0.25, -0.2) is 14.8 Å². The summed E-state index contributed by atoms with van der Waals surface area (Å²) in [7, 11) is 0. The normalized spacial score (nSPS) is 20.6. The lowest BCUT2D eigenvalue weighted by atomic mass is 9.74. The number of rotatable bonds is 2. The third-order valence-corrected chi connectivity index (χ3v) is 4.34. The molecule has 7 nitrogen and oxygen atoms in total. The Morgan fingerprint density at radius 1 is 1.43 bits per heavy atom. The van der Waals surface area contributed by atoms with Crippen LogP contribution >= 0.6 is 11.3 Å². The number of thiazole rings is 1. The van der Waals surface area contributed by atoms with E-state index in [1.54, 1.807) is 27.0 Å². The Kier molecular flexibility index (Phi) is 3.90. The summed E-state index contributed by atoms with van der Waals surface area (Å²) in [6.07, 6.45) is 2.82. The Balaban J connectivity index is 1.72. The van der Waals surface area contributed by atoms with Crippen molar-refractivity contribution >= 4 is 33.0 Å². The summed E-state index contributed by atoms with van der Waals surface area (Å²) < 4.78 is 5.20. The Hall–Kier alpha value is -2.27. The van der Waals surface area contributed by atoms with Crippen molar-refractivity contribution in [3.8, 4) is 6.07 Å². The van der Waals surface area contributed by atoms with Crippen molar-refractivity contribution in [2.24, 2.45) is 5.92 Å². The smallest absolute Gasteiger partial charge is 0.413 e. The molecule has 0 bridgehead atoms. The zero-order valence-electron chi connectivity index (χ0n) is 13.2. The topological polar surface area (TPSA) is 101 Å². The van der Waals surface area contributed by atoms with Crippen molar-refractivity contribution < 1.29 is 9.53 Å². The molecule has 0 saturated heterocycles. The molecule has 0 atom stereocenters. The van der Waals surface area contributed by atoms with Crippen LogP contribution in [0.5, 0.6) is 0 Å². The van der Waals surface area contributed by atoms with Gasteiger partial charge in [-0.1, -0.05) is 11.3 Å². The highest BCUT2D eigenvalue weighted by Gasteiger charge is 2.31. The molecule has 120 valence electrons. The van der Waals surface area contributed by atoms with Crippen molar-refractivity contribution in [3.63, 3.8) is 0 Å². The maximum absolute atomic E-state index is 11.8. The van der Waals surface area contributed by atoms with Crippen LogP contribution in [0.25, 0.3) is 10.5 Å². The first-order valence-electron chi connectivity index (χ1n) is 7.37. The average molecular weight is 331 g/mol. The SMILES string of the molecule is CC(C)(C)OC(=O)Nc1nc2ncc(C3CC(C#N)C3)nc2s1. The van der Waals surface area contributed by atoms with Crippen LogP contribution in [-0.4, -0.2) is 26.6 Å². The predicted molar refractivity (Wildman–Crippen MR) is 86.1 cm³/mol. The van der Waals surface area contributed by atoms with Gasteiger partial charge < -0.3 is 4.74 Å². The van der Waals surface area contributed by atoms with Gasteiger partial charge >= 0.3 is 6.09 Å². The van der Waals surface area contributed by atoms with Crippen LogP contribution in [0.15, 0.2) is 6.20 Å². The third kappa shape index (κ3) is 3.56. The molecule has 0 aliphatic heterocycles. The molecule has 0 aromatic carbocycles. The zero-order chi connectivity index (χ0) is 16.6. The molecule has 1 aliphatic carbocycles. The first-order chi connectivity index (χ1) is 10.8. The van der Waals surface area contributed by atoms with Gasteiger partial charge in [0.2, 0.25) is 0 Å². The van der Waals surface area contributed by atoms with E-state index < -0.39 is 11.7 Å². The van der Waals surface area contributed by atoms with Gasteiger partial charge in [-0.3, -0.25) is 5.32 Å². The Labute approximate surface area is 137 Å². The molecule has 2 aromatic heterocycles. The number of ether oxygens (including phenoxy) is 1. The highest BCUT2D eigenvalue weighted by atomic mass is 32.1. The fourth-order valence-electron chi connectivity index (χ4n) is 2.34. The summed E-state index contributed by atoms with van der Waals surface area (Å²) >= 11 is 1.26. The third-order valence-electron chi connectivity index (χ3n) is 3.49. The molecule has 1 saturated carbocycles. The summed E-state index contributed by atoms with van der Waals surface area (Å²) in [4.78, 5) is 25.5. The molecule has 2 aromatic rings. The summed E-state index contributed by atoms with van der Waals surface area (Å²) in [6.45, 7) is 5.40. The predicted octanol–water partition coefficient (Wildman–Crippen LogP) is 3.45. The number of amides is 1. The highest BCUT2D eigenvalue weighted by molar-refractivity contribution is 7.21. The molecule has 1 N–H and O–H groups in total. The van der Waals surface area contributed by atoms with E-state index >= 15 is 0 Å². The monoisotopic (exact) mass is 331 g/mol. The Morgan fingerprint density at radius 3 is 2.83 bits per heavy atom. The summed E-state index contributed by atoms with van der Waals surface area (Å²) in [5, 5.41) is 11.9. The summed E-state index contributed by atoms with van der Waals surface area (Å²) in [5.41, 5.74) is 0.823. The highest BCUT2D eigenvalue weighted by Crippen LogP contribution is 2.40. The molecular weight excluding hydrogens is 314 g/mol. The van der Waals surface area contributed by atoms with E-state index in [4.69, 9.17) is 10.00 Å². The second kappa shape index (κ2) is 5.74. The van der Waals surface area contributed by atoms with E-state index in [2.05, 4.69) is 26.3 Å². The van der Waals surface area contributed by atoms with Crippen molar-refractivity contribution in [3.05, 3.63) is 11.9 Å². The van der Waals surface area contributed by atoms with Crippen LogP contribution in [0.4, 0.5) is 9.93 Å². The van der Waals surface area contributed by atoms with Gasteiger partial charge in [0, 0.05) is 11.8 Å². The molecule has 1 amide bonds. The minimum Gasteiger partial charge on any atom is -0.444 e. The van der Waals surface area contributed by atoms with Gasteiger partial charge in [0.05, 0.1) is 18.0 Å². The second-order valence-corrected chi connectivity index (χ2v) is 7.54. The lowest BCUT2D eigenvalue weighted by Crippen LogP contribution is -2.27. The molecule has 0 unspecified atom stereocenters. The zero-order valence-corrected chi connectivity index (χ0v) is 14.0. The van der Waals surface area contributed by atoms with E-state index in [-0.39, 0.29) is 5.92 Å². The van der Waals surface area contributed by atoms with Crippen LogP contribution < -0.4 is 5.32 Å². The first-order valence-corrected chi connectivity index (χ1v) is 8.19. The van der Waals surface area contributed by atoms with E-state index in [0.29, 0.717) is 21.5 Å². The van der Waals surface area contributed by atoms with Crippen molar-refractivity contribution in [1.82, 2.24) is 15.0 Å². The van der Waals surface area contributed by atoms with Crippen molar-refractivity contribution in [1.29, 1.82) is 5.26 Å². The fraction of sp³-hybridized carbons (Fsp3) is 0.533. The van der Waals surface area contributed by atoms with Gasteiger partial charge in [-0.2, -0.15) is 10.2 Å². The number of carbonyl (C=O) groups excluding carboxylic acids is 1.